The molecule has 0 aromatic carbocycles. The molecule has 158 valence electrons. The van der Waals surface area contributed by atoms with E-state index in [-0.39, 0.29) is 17.5 Å². The SMILES string of the molecule is CC[C@@H]1[C@@H](C)[C@@H](OC(C)=O)[C@H](c2c[nH]c3c(=O)[nH]cnc23)N1C(=O)OC(C)(C)C. The highest BCUT2D eigenvalue weighted by molar-refractivity contribution is 5.80. The molecule has 0 aliphatic carbocycles. The number of hydrogen-bond acceptors (Lipinski definition) is 6. The zero-order valence-corrected chi connectivity index (χ0v) is 17.6. The van der Waals surface area contributed by atoms with E-state index in [0.29, 0.717) is 23.0 Å². The van der Waals surface area contributed by atoms with E-state index in [9.17, 15) is 14.4 Å². The largest absolute Gasteiger partial charge is 0.460 e. The number of H-pyrrole nitrogens is 2. The van der Waals surface area contributed by atoms with Gasteiger partial charge in [-0.3, -0.25) is 14.5 Å². The zero-order chi connectivity index (χ0) is 21.5. The molecule has 29 heavy (non-hydrogen) atoms. The highest BCUT2D eigenvalue weighted by Crippen LogP contribution is 2.45. The number of aromatic nitrogens is 3. The molecular formula is C20H28N4O5. The lowest BCUT2D eigenvalue weighted by Gasteiger charge is -2.32. The molecule has 1 aliphatic heterocycles. The molecule has 3 heterocycles. The van der Waals surface area contributed by atoms with Gasteiger partial charge in [0, 0.05) is 30.6 Å². The fraction of sp³-hybridized carbons (Fsp3) is 0.600. The Labute approximate surface area is 168 Å². The maximum Gasteiger partial charge on any atom is 0.411 e. The number of carbonyl (C=O) groups is 2. The summed E-state index contributed by atoms with van der Waals surface area (Å²) < 4.78 is 11.3. The number of carbonyl (C=O) groups excluding carboxylic acids is 2. The molecule has 9 heteroatoms. The number of ether oxygens (including phenoxy) is 2. The van der Waals surface area contributed by atoms with Crippen molar-refractivity contribution in [2.24, 2.45) is 5.92 Å². The van der Waals surface area contributed by atoms with Crippen molar-refractivity contribution in [2.45, 2.75) is 71.8 Å². The fourth-order valence-corrected chi connectivity index (χ4v) is 4.14. The fourth-order valence-electron chi connectivity index (χ4n) is 4.14. The van der Waals surface area contributed by atoms with E-state index < -0.39 is 29.8 Å². The van der Waals surface area contributed by atoms with Crippen molar-refractivity contribution >= 4 is 23.1 Å². The van der Waals surface area contributed by atoms with E-state index in [1.807, 2.05) is 13.8 Å². The second kappa shape index (κ2) is 7.53. The molecular weight excluding hydrogens is 376 g/mol. The van der Waals surface area contributed by atoms with Gasteiger partial charge in [0.2, 0.25) is 0 Å². The van der Waals surface area contributed by atoms with Crippen LogP contribution < -0.4 is 5.56 Å². The Hall–Kier alpha value is -2.84. The van der Waals surface area contributed by atoms with Crippen molar-refractivity contribution in [2.75, 3.05) is 0 Å². The Morgan fingerprint density at radius 2 is 1.97 bits per heavy atom. The molecule has 2 aromatic heterocycles. The summed E-state index contributed by atoms with van der Waals surface area (Å²) in [7, 11) is 0. The van der Waals surface area contributed by atoms with Crippen LogP contribution in [0.15, 0.2) is 17.3 Å². The van der Waals surface area contributed by atoms with Crippen molar-refractivity contribution in [3.05, 3.63) is 28.4 Å². The van der Waals surface area contributed by atoms with E-state index in [4.69, 9.17) is 9.47 Å². The molecule has 9 nitrogen and oxygen atoms in total. The molecule has 0 spiro atoms. The van der Waals surface area contributed by atoms with Crippen LogP contribution in [0, 0.1) is 5.92 Å². The van der Waals surface area contributed by atoms with Gasteiger partial charge in [0.15, 0.2) is 0 Å². The maximum absolute atomic E-state index is 13.2. The van der Waals surface area contributed by atoms with Gasteiger partial charge in [-0.2, -0.15) is 0 Å². The molecule has 1 saturated heterocycles. The summed E-state index contributed by atoms with van der Waals surface area (Å²) in [5.41, 5.74) is 0.366. The number of nitrogens with zero attached hydrogens (tertiary/aromatic N) is 2. The van der Waals surface area contributed by atoms with Gasteiger partial charge in [0.25, 0.3) is 5.56 Å². The minimum atomic E-state index is -0.682. The van der Waals surface area contributed by atoms with Crippen LogP contribution in [0.5, 0.6) is 0 Å². The van der Waals surface area contributed by atoms with Crippen LogP contribution in [-0.4, -0.2) is 49.7 Å². The topological polar surface area (TPSA) is 117 Å². The van der Waals surface area contributed by atoms with Crippen LogP contribution in [0.4, 0.5) is 4.79 Å². The number of rotatable bonds is 3. The highest BCUT2D eigenvalue weighted by atomic mass is 16.6. The molecule has 0 radical (unpaired) electrons. The zero-order valence-electron chi connectivity index (χ0n) is 17.6. The summed E-state index contributed by atoms with van der Waals surface area (Å²) in [6, 6.07) is -0.831. The van der Waals surface area contributed by atoms with E-state index in [1.54, 1.807) is 31.9 Å². The number of hydrogen-bond donors (Lipinski definition) is 2. The van der Waals surface area contributed by atoms with Crippen LogP contribution in [0.25, 0.3) is 11.0 Å². The van der Waals surface area contributed by atoms with Gasteiger partial charge in [-0.1, -0.05) is 13.8 Å². The molecule has 1 fully saturated rings. The first-order valence-corrected chi connectivity index (χ1v) is 9.78. The number of amides is 1. The van der Waals surface area contributed by atoms with Crippen molar-refractivity contribution < 1.29 is 19.1 Å². The second-order valence-electron chi connectivity index (χ2n) is 8.44. The average molecular weight is 404 g/mol. The highest BCUT2D eigenvalue weighted by Gasteiger charge is 2.52. The van der Waals surface area contributed by atoms with E-state index >= 15 is 0 Å². The van der Waals surface area contributed by atoms with Gasteiger partial charge >= 0.3 is 12.1 Å². The Bertz CT molecular complexity index is 973. The number of fused-ring (bicyclic) bond motifs is 1. The monoisotopic (exact) mass is 404 g/mol. The summed E-state index contributed by atoms with van der Waals surface area (Å²) in [6.45, 7) is 10.7. The van der Waals surface area contributed by atoms with Crippen molar-refractivity contribution in [3.8, 4) is 0 Å². The number of esters is 1. The lowest BCUT2D eigenvalue weighted by molar-refractivity contribution is -0.149. The summed E-state index contributed by atoms with van der Waals surface area (Å²) in [5.74, 6) is -0.563. The number of nitrogens with one attached hydrogen (secondary N) is 2. The summed E-state index contributed by atoms with van der Waals surface area (Å²) in [4.78, 5) is 48.6. The molecule has 0 unspecified atom stereocenters. The lowest BCUT2D eigenvalue weighted by Crippen LogP contribution is -2.42. The van der Waals surface area contributed by atoms with Crippen LogP contribution in [0.2, 0.25) is 0 Å². The lowest BCUT2D eigenvalue weighted by atomic mass is 9.94. The third-order valence-electron chi connectivity index (χ3n) is 5.24. The predicted molar refractivity (Wildman–Crippen MR) is 106 cm³/mol. The minimum absolute atomic E-state index is 0.131. The smallest absolute Gasteiger partial charge is 0.411 e. The molecule has 0 bridgehead atoms. The Morgan fingerprint density at radius 1 is 1.28 bits per heavy atom. The van der Waals surface area contributed by atoms with Crippen molar-refractivity contribution in [1.82, 2.24) is 19.9 Å². The molecule has 2 aromatic rings. The maximum atomic E-state index is 13.2. The average Bonchev–Trinajstić information content (AvgIpc) is 3.13. The Morgan fingerprint density at radius 3 is 2.55 bits per heavy atom. The van der Waals surface area contributed by atoms with E-state index in [1.165, 1.54) is 13.3 Å². The first-order valence-electron chi connectivity index (χ1n) is 9.78. The van der Waals surface area contributed by atoms with Crippen LogP contribution in [0.1, 0.15) is 59.6 Å². The summed E-state index contributed by atoms with van der Waals surface area (Å²) in [6.07, 6.45) is 2.54. The second-order valence-corrected chi connectivity index (χ2v) is 8.44. The molecule has 4 atom stereocenters. The number of aromatic amines is 2. The predicted octanol–water partition coefficient (Wildman–Crippen LogP) is 2.89. The summed E-state index contributed by atoms with van der Waals surface area (Å²) in [5, 5.41) is 0. The minimum Gasteiger partial charge on any atom is -0.460 e. The Kier molecular flexibility index (Phi) is 5.42. The first-order chi connectivity index (χ1) is 13.5. The van der Waals surface area contributed by atoms with Gasteiger partial charge in [0.1, 0.15) is 28.8 Å². The third-order valence-corrected chi connectivity index (χ3v) is 5.24. The Balaban J connectivity index is 2.16. The van der Waals surface area contributed by atoms with Crippen LogP contribution in [0.3, 0.4) is 0 Å². The normalized spacial score (nSPS) is 24.7. The molecule has 1 aliphatic rings. The summed E-state index contributed by atoms with van der Waals surface area (Å²) >= 11 is 0. The van der Waals surface area contributed by atoms with Crippen molar-refractivity contribution in [3.63, 3.8) is 0 Å². The molecule has 0 saturated carbocycles. The molecule has 1 amide bonds. The first kappa shape index (κ1) is 20.9. The van der Waals surface area contributed by atoms with Gasteiger partial charge in [-0.25, -0.2) is 9.78 Å². The van der Waals surface area contributed by atoms with Crippen molar-refractivity contribution in [1.29, 1.82) is 0 Å². The van der Waals surface area contributed by atoms with Gasteiger partial charge in [-0.05, 0) is 27.2 Å². The number of likely N-dealkylation sites (tertiary alicyclic amines) is 1. The van der Waals surface area contributed by atoms with Gasteiger partial charge in [-0.15, -0.1) is 0 Å². The van der Waals surface area contributed by atoms with Crippen LogP contribution >= 0.6 is 0 Å². The van der Waals surface area contributed by atoms with E-state index in [0.717, 1.165) is 0 Å². The quantitative estimate of drug-likeness (QED) is 0.760. The van der Waals surface area contributed by atoms with Gasteiger partial charge in [0.05, 0.1) is 6.33 Å². The van der Waals surface area contributed by atoms with Gasteiger partial charge < -0.3 is 19.4 Å². The molecule has 2 N–H and O–H groups in total. The van der Waals surface area contributed by atoms with Crippen LogP contribution in [-0.2, 0) is 14.3 Å². The van der Waals surface area contributed by atoms with E-state index in [2.05, 4.69) is 15.0 Å². The third kappa shape index (κ3) is 3.86. The standard InChI is InChI=1S/C20H28N4O5/c1-7-13-10(2)17(28-11(3)25)16(24(13)19(27)29-20(4,5)6)12-8-21-15-14(12)22-9-23-18(15)26/h8-10,13,16-17,21H,7H2,1-6H3,(H,22,23,26)/t10-,13-,16+,17-/m1/s1. The molecule has 3 rings (SSSR count).